The average molecular weight is 249 g/mol. The molecule has 1 atom stereocenters. The van der Waals surface area contributed by atoms with Crippen molar-refractivity contribution in [3.8, 4) is 0 Å². The molecule has 1 aromatic carbocycles. The molecule has 0 bridgehead atoms. The molecule has 3 heteroatoms. The van der Waals surface area contributed by atoms with Crippen LogP contribution in [0.4, 0.5) is 0 Å². The number of benzene rings is 1. The summed E-state index contributed by atoms with van der Waals surface area (Å²) in [6, 6.07) is 8.63. The minimum absolute atomic E-state index is 0.00331. The average Bonchev–Trinajstić information content (AvgIpc) is 2.36. The first-order chi connectivity index (χ1) is 8.59. The van der Waals surface area contributed by atoms with E-state index >= 15 is 0 Å². The van der Waals surface area contributed by atoms with Gasteiger partial charge in [0.15, 0.2) is 0 Å². The summed E-state index contributed by atoms with van der Waals surface area (Å²) in [5.41, 5.74) is 2.22. The van der Waals surface area contributed by atoms with Crippen LogP contribution in [0.5, 0.6) is 0 Å². The van der Waals surface area contributed by atoms with Gasteiger partial charge >= 0.3 is 0 Å². The molecular weight excluding hydrogens is 226 g/mol. The quantitative estimate of drug-likeness (QED) is 0.860. The Morgan fingerprint density at radius 1 is 1.28 bits per heavy atom. The van der Waals surface area contributed by atoms with E-state index in [0.29, 0.717) is 6.04 Å². The van der Waals surface area contributed by atoms with Crippen molar-refractivity contribution in [3.05, 3.63) is 35.4 Å². The summed E-state index contributed by atoms with van der Waals surface area (Å²) in [4.78, 5) is 0. The second-order valence-electron chi connectivity index (χ2n) is 5.65. The third-order valence-electron chi connectivity index (χ3n) is 3.50. The third kappa shape index (κ3) is 3.80. The second-order valence-corrected chi connectivity index (χ2v) is 5.65. The van der Waals surface area contributed by atoms with Crippen LogP contribution in [0.25, 0.3) is 0 Å². The van der Waals surface area contributed by atoms with Gasteiger partial charge in [0.25, 0.3) is 0 Å². The molecule has 1 aliphatic rings. The van der Waals surface area contributed by atoms with Gasteiger partial charge in [-0.1, -0.05) is 24.3 Å². The Morgan fingerprint density at radius 2 is 1.94 bits per heavy atom. The van der Waals surface area contributed by atoms with Gasteiger partial charge in [0.05, 0.1) is 12.2 Å². The van der Waals surface area contributed by atoms with E-state index in [9.17, 15) is 0 Å². The first kappa shape index (κ1) is 13.5. The Bertz CT molecular complexity index is 373. The van der Waals surface area contributed by atoms with Crippen LogP contribution in [0.2, 0.25) is 0 Å². The minimum atomic E-state index is -0.00331. The Kier molecular flexibility index (Phi) is 4.38. The Hall–Kier alpha value is -0.900. The van der Waals surface area contributed by atoms with Gasteiger partial charge in [0, 0.05) is 19.2 Å². The predicted molar refractivity (Wildman–Crippen MR) is 72.3 cm³/mol. The molecule has 100 valence electrons. The van der Waals surface area contributed by atoms with Gasteiger partial charge < -0.3 is 15.2 Å². The molecule has 3 nitrogen and oxygen atoms in total. The maximum absolute atomic E-state index is 8.99. The zero-order valence-corrected chi connectivity index (χ0v) is 11.3. The lowest BCUT2D eigenvalue weighted by molar-refractivity contribution is -0.0630. The molecule has 1 unspecified atom stereocenters. The molecule has 0 spiro atoms. The summed E-state index contributed by atoms with van der Waals surface area (Å²) < 4.78 is 5.71. The van der Waals surface area contributed by atoms with Crippen molar-refractivity contribution in [2.45, 2.75) is 51.5 Å². The van der Waals surface area contributed by atoms with E-state index in [4.69, 9.17) is 9.84 Å². The largest absolute Gasteiger partial charge is 0.392 e. The van der Waals surface area contributed by atoms with E-state index in [1.165, 1.54) is 5.56 Å². The molecular formula is C15H23NO2. The van der Waals surface area contributed by atoms with Gasteiger partial charge in [0.1, 0.15) is 0 Å². The highest BCUT2D eigenvalue weighted by Gasteiger charge is 2.28. The highest BCUT2D eigenvalue weighted by Crippen LogP contribution is 2.24. The highest BCUT2D eigenvalue weighted by molar-refractivity contribution is 5.21. The van der Waals surface area contributed by atoms with Crippen LogP contribution in [-0.4, -0.2) is 23.4 Å². The number of hydrogen-bond donors (Lipinski definition) is 2. The molecule has 1 heterocycles. The zero-order chi connectivity index (χ0) is 13.0. The predicted octanol–water partition coefficient (Wildman–Crippen LogP) is 2.23. The Morgan fingerprint density at radius 3 is 2.56 bits per heavy atom. The van der Waals surface area contributed by atoms with Gasteiger partial charge in [-0.25, -0.2) is 0 Å². The first-order valence-electron chi connectivity index (χ1n) is 6.65. The summed E-state index contributed by atoms with van der Waals surface area (Å²) in [5, 5.41) is 12.6. The van der Waals surface area contributed by atoms with E-state index in [1.807, 2.05) is 12.1 Å². The van der Waals surface area contributed by atoms with Gasteiger partial charge in [0.2, 0.25) is 0 Å². The number of aliphatic hydroxyl groups excluding tert-OH is 1. The van der Waals surface area contributed by atoms with Crippen LogP contribution in [0.1, 0.15) is 37.8 Å². The molecule has 1 aliphatic heterocycles. The van der Waals surface area contributed by atoms with E-state index in [2.05, 4.69) is 31.3 Å². The molecule has 0 saturated carbocycles. The summed E-state index contributed by atoms with van der Waals surface area (Å²) in [5.74, 6) is 0. The van der Waals surface area contributed by atoms with Crippen LogP contribution in [0, 0.1) is 0 Å². The Labute approximate surface area is 109 Å². The SMILES string of the molecule is CC1(C)CC(NCc2ccc(CO)cc2)CCO1. The van der Waals surface area contributed by atoms with Crippen molar-refractivity contribution >= 4 is 0 Å². The van der Waals surface area contributed by atoms with Crippen molar-refractivity contribution in [2.75, 3.05) is 6.61 Å². The van der Waals surface area contributed by atoms with Crippen LogP contribution in [0.15, 0.2) is 24.3 Å². The standard InChI is InChI=1S/C15H23NO2/c1-15(2)9-14(7-8-18-15)16-10-12-3-5-13(11-17)6-4-12/h3-6,14,16-17H,7-11H2,1-2H3. The lowest BCUT2D eigenvalue weighted by Crippen LogP contribution is -2.43. The highest BCUT2D eigenvalue weighted by atomic mass is 16.5. The van der Waals surface area contributed by atoms with Crippen LogP contribution < -0.4 is 5.32 Å². The van der Waals surface area contributed by atoms with E-state index in [1.54, 1.807) is 0 Å². The number of rotatable bonds is 4. The molecule has 0 amide bonds. The molecule has 1 aromatic rings. The molecule has 0 radical (unpaired) electrons. The number of hydrogen-bond acceptors (Lipinski definition) is 3. The summed E-state index contributed by atoms with van der Waals surface area (Å²) in [7, 11) is 0. The molecule has 2 rings (SSSR count). The third-order valence-corrected chi connectivity index (χ3v) is 3.50. The van der Waals surface area contributed by atoms with Crippen molar-refractivity contribution in [3.63, 3.8) is 0 Å². The molecule has 18 heavy (non-hydrogen) atoms. The van der Waals surface area contributed by atoms with Crippen LogP contribution in [-0.2, 0) is 17.9 Å². The fourth-order valence-electron chi connectivity index (χ4n) is 2.43. The normalized spacial score (nSPS) is 22.9. The summed E-state index contributed by atoms with van der Waals surface area (Å²) in [6.45, 7) is 6.14. The monoisotopic (exact) mass is 249 g/mol. The molecule has 2 N–H and O–H groups in total. The van der Waals surface area contributed by atoms with E-state index in [0.717, 1.165) is 31.6 Å². The van der Waals surface area contributed by atoms with Crippen molar-refractivity contribution in [1.82, 2.24) is 5.32 Å². The summed E-state index contributed by atoms with van der Waals surface area (Å²) in [6.07, 6.45) is 2.14. The number of nitrogens with one attached hydrogen (secondary N) is 1. The fourth-order valence-corrected chi connectivity index (χ4v) is 2.43. The maximum atomic E-state index is 8.99. The smallest absolute Gasteiger partial charge is 0.0681 e. The van der Waals surface area contributed by atoms with E-state index < -0.39 is 0 Å². The fraction of sp³-hybridized carbons (Fsp3) is 0.600. The van der Waals surface area contributed by atoms with Crippen LogP contribution in [0.3, 0.4) is 0 Å². The van der Waals surface area contributed by atoms with Gasteiger partial charge in [-0.3, -0.25) is 0 Å². The lowest BCUT2D eigenvalue weighted by atomic mass is 9.94. The van der Waals surface area contributed by atoms with Gasteiger partial charge in [-0.05, 0) is 37.8 Å². The van der Waals surface area contributed by atoms with Gasteiger partial charge in [-0.2, -0.15) is 0 Å². The van der Waals surface area contributed by atoms with Crippen molar-refractivity contribution < 1.29 is 9.84 Å². The van der Waals surface area contributed by atoms with E-state index in [-0.39, 0.29) is 12.2 Å². The number of ether oxygens (including phenoxy) is 1. The molecule has 0 aromatic heterocycles. The topological polar surface area (TPSA) is 41.5 Å². The van der Waals surface area contributed by atoms with Crippen molar-refractivity contribution in [2.24, 2.45) is 0 Å². The minimum Gasteiger partial charge on any atom is -0.392 e. The molecule has 1 saturated heterocycles. The van der Waals surface area contributed by atoms with Crippen molar-refractivity contribution in [1.29, 1.82) is 0 Å². The first-order valence-corrected chi connectivity index (χ1v) is 6.65. The maximum Gasteiger partial charge on any atom is 0.0681 e. The number of aliphatic hydroxyl groups is 1. The Balaban J connectivity index is 1.83. The summed E-state index contributed by atoms with van der Waals surface area (Å²) >= 11 is 0. The second kappa shape index (κ2) is 5.83. The van der Waals surface area contributed by atoms with Gasteiger partial charge in [-0.15, -0.1) is 0 Å². The molecule has 1 fully saturated rings. The lowest BCUT2D eigenvalue weighted by Gasteiger charge is -2.36. The molecule has 0 aliphatic carbocycles. The van der Waals surface area contributed by atoms with Crippen LogP contribution >= 0.6 is 0 Å². The zero-order valence-electron chi connectivity index (χ0n) is 11.3.